The third kappa shape index (κ3) is 4.10. The van der Waals surface area contributed by atoms with Gasteiger partial charge in [-0.2, -0.15) is 0 Å². The number of carbonyl (C=O) groups excluding carboxylic acids is 1. The predicted molar refractivity (Wildman–Crippen MR) is 91.5 cm³/mol. The summed E-state index contributed by atoms with van der Waals surface area (Å²) in [5, 5.41) is 4.01. The van der Waals surface area contributed by atoms with Crippen LogP contribution >= 0.6 is 0 Å². The molecule has 1 saturated heterocycles. The SMILES string of the molecule is NCCC(=O)Nc1ccc2c(ccn2CCN2CCOCC2)c1. The topological polar surface area (TPSA) is 72.5 Å². The third-order valence-electron chi connectivity index (χ3n) is 4.19. The van der Waals surface area contributed by atoms with E-state index in [0.717, 1.165) is 50.5 Å². The number of nitrogens with one attached hydrogen (secondary N) is 1. The summed E-state index contributed by atoms with van der Waals surface area (Å²) in [5.74, 6) is -0.0430. The van der Waals surface area contributed by atoms with E-state index in [2.05, 4.69) is 33.1 Å². The Morgan fingerprint density at radius 1 is 1.22 bits per heavy atom. The van der Waals surface area contributed by atoms with Crippen LogP contribution in [0.1, 0.15) is 6.42 Å². The molecular formula is C17H24N4O2. The number of nitrogens with two attached hydrogens (primary N) is 1. The third-order valence-corrected chi connectivity index (χ3v) is 4.19. The number of hydrogen-bond donors (Lipinski definition) is 2. The van der Waals surface area contributed by atoms with Gasteiger partial charge < -0.3 is 20.4 Å². The molecule has 23 heavy (non-hydrogen) atoms. The highest BCUT2D eigenvalue weighted by Crippen LogP contribution is 2.21. The van der Waals surface area contributed by atoms with Crippen LogP contribution in [0.3, 0.4) is 0 Å². The Morgan fingerprint density at radius 2 is 2.04 bits per heavy atom. The van der Waals surface area contributed by atoms with E-state index >= 15 is 0 Å². The maximum atomic E-state index is 11.6. The first-order valence-electron chi connectivity index (χ1n) is 8.15. The van der Waals surface area contributed by atoms with E-state index in [1.54, 1.807) is 0 Å². The molecule has 0 spiro atoms. The fourth-order valence-corrected chi connectivity index (χ4v) is 2.90. The molecule has 0 atom stereocenters. The Bertz CT molecular complexity index is 662. The summed E-state index contributed by atoms with van der Waals surface area (Å²) in [5.41, 5.74) is 7.41. The predicted octanol–water partition coefficient (Wildman–Crippen LogP) is 1.26. The van der Waals surface area contributed by atoms with Gasteiger partial charge in [0.1, 0.15) is 0 Å². The summed E-state index contributed by atoms with van der Waals surface area (Å²) in [6.07, 6.45) is 2.45. The number of nitrogens with zero attached hydrogens (tertiary/aromatic N) is 2. The van der Waals surface area contributed by atoms with Gasteiger partial charge in [-0.1, -0.05) is 0 Å². The first-order valence-corrected chi connectivity index (χ1v) is 8.15. The normalized spacial score (nSPS) is 15.9. The van der Waals surface area contributed by atoms with Gasteiger partial charge in [-0.25, -0.2) is 0 Å². The first kappa shape index (κ1) is 16.0. The van der Waals surface area contributed by atoms with Crippen molar-refractivity contribution in [2.45, 2.75) is 13.0 Å². The highest BCUT2D eigenvalue weighted by Gasteiger charge is 2.11. The molecule has 0 saturated carbocycles. The van der Waals surface area contributed by atoms with E-state index in [-0.39, 0.29) is 5.91 Å². The maximum Gasteiger partial charge on any atom is 0.225 e. The van der Waals surface area contributed by atoms with E-state index in [0.29, 0.717) is 13.0 Å². The average Bonchev–Trinajstić information content (AvgIpc) is 2.96. The minimum atomic E-state index is -0.0430. The molecule has 6 heteroatoms. The number of anilines is 1. The molecule has 2 heterocycles. The second-order valence-electron chi connectivity index (χ2n) is 5.82. The summed E-state index contributed by atoms with van der Waals surface area (Å²) in [4.78, 5) is 14.0. The lowest BCUT2D eigenvalue weighted by Gasteiger charge is -2.26. The molecule has 0 radical (unpaired) electrons. The van der Waals surface area contributed by atoms with Gasteiger partial charge in [0.15, 0.2) is 0 Å². The number of amides is 1. The van der Waals surface area contributed by atoms with Crippen LogP contribution in [0.15, 0.2) is 30.5 Å². The number of rotatable bonds is 6. The van der Waals surface area contributed by atoms with Crippen molar-refractivity contribution in [1.29, 1.82) is 0 Å². The number of aromatic nitrogens is 1. The van der Waals surface area contributed by atoms with Gasteiger partial charge in [0, 0.05) is 61.9 Å². The van der Waals surface area contributed by atoms with Crippen molar-refractivity contribution in [3.63, 3.8) is 0 Å². The molecule has 1 aliphatic heterocycles. The van der Waals surface area contributed by atoms with Crippen LogP contribution < -0.4 is 11.1 Å². The zero-order valence-corrected chi connectivity index (χ0v) is 13.3. The van der Waals surface area contributed by atoms with Gasteiger partial charge in [-0.15, -0.1) is 0 Å². The summed E-state index contributed by atoms with van der Waals surface area (Å²) >= 11 is 0. The van der Waals surface area contributed by atoms with Gasteiger partial charge in [0.2, 0.25) is 5.91 Å². The second kappa shape index (κ2) is 7.59. The molecular weight excluding hydrogens is 292 g/mol. The number of fused-ring (bicyclic) bond motifs is 1. The minimum absolute atomic E-state index is 0.0430. The number of carbonyl (C=O) groups is 1. The Hall–Kier alpha value is -1.89. The number of morpholine rings is 1. The molecule has 3 N–H and O–H groups in total. The summed E-state index contributed by atoms with van der Waals surface area (Å²) in [6.45, 7) is 6.04. The van der Waals surface area contributed by atoms with E-state index in [9.17, 15) is 4.79 Å². The van der Waals surface area contributed by atoms with Crippen LogP contribution in [0.2, 0.25) is 0 Å². The van der Waals surface area contributed by atoms with Crippen LogP contribution in [-0.4, -0.2) is 54.8 Å². The van der Waals surface area contributed by atoms with Crippen molar-refractivity contribution in [2.75, 3.05) is 44.7 Å². The molecule has 1 aromatic carbocycles. The van der Waals surface area contributed by atoms with Crippen LogP contribution in [-0.2, 0) is 16.1 Å². The van der Waals surface area contributed by atoms with E-state index in [1.165, 1.54) is 5.52 Å². The quantitative estimate of drug-likeness (QED) is 0.841. The Labute approximate surface area is 136 Å². The van der Waals surface area contributed by atoms with Gasteiger partial charge >= 0.3 is 0 Å². The lowest BCUT2D eigenvalue weighted by molar-refractivity contribution is -0.116. The van der Waals surface area contributed by atoms with Gasteiger partial charge in [-0.3, -0.25) is 9.69 Å². The van der Waals surface area contributed by atoms with E-state index in [4.69, 9.17) is 10.5 Å². The van der Waals surface area contributed by atoms with Crippen molar-refractivity contribution in [1.82, 2.24) is 9.47 Å². The lowest BCUT2D eigenvalue weighted by atomic mass is 10.2. The largest absolute Gasteiger partial charge is 0.379 e. The van der Waals surface area contributed by atoms with Crippen LogP contribution in [0.4, 0.5) is 5.69 Å². The molecule has 1 amide bonds. The Kier molecular flexibility index (Phi) is 5.27. The zero-order chi connectivity index (χ0) is 16.1. The van der Waals surface area contributed by atoms with Gasteiger partial charge in [0.25, 0.3) is 0 Å². The molecule has 6 nitrogen and oxygen atoms in total. The molecule has 2 aromatic rings. The summed E-state index contributed by atoms with van der Waals surface area (Å²) in [6, 6.07) is 8.11. The van der Waals surface area contributed by atoms with Crippen LogP contribution in [0.5, 0.6) is 0 Å². The van der Waals surface area contributed by atoms with E-state index < -0.39 is 0 Å². The highest BCUT2D eigenvalue weighted by molar-refractivity contribution is 5.94. The van der Waals surface area contributed by atoms with Crippen molar-refractivity contribution in [3.8, 4) is 0 Å². The maximum absolute atomic E-state index is 11.6. The molecule has 1 aromatic heterocycles. The van der Waals surface area contributed by atoms with Crippen molar-refractivity contribution < 1.29 is 9.53 Å². The van der Waals surface area contributed by atoms with Gasteiger partial charge in [0.05, 0.1) is 13.2 Å². The van der Waals surface area contributed by atoms with Crippen LogP contribution in [0, 0.1) is 0 Å². The molecule has 3 rings (SSSR count). The fraction of sp³-hybridized carbons (Fsp3) is 0.471. The van der Waals surface area contributed by atoms with Crippen molar-refractivity contribution in [2.24, 2.45) is 5.73 Å². The van der Waals surface area contributed by atoms with E-state index in [1.807, 2.05) is 12.1 Å². The monoisotopic (exact) mass is 316 g/mol. The zero-order valence-electron chi connectivity index (χ0n) is 13.3. The molecule has 0 bridgehead atoms. The number of benzene rings is 1. The highest BCUT2D eigenvalue weighted by atomic mass is 16.5. The summed E-state index contributed by atoms with van der Waals surface area (Å²) < 4.78 is 7.64. The second-order valence-corrected chi connectivity index (χ2v) is 5.82. The Balaban J connectivity index is 1.64. The number of ether oxygens (including phenoxy) is 1. The van der Waals surface area contributed by atoms with Crippen LogP contribution in [0.25, 0.3) is 10.9 Å². The standard InChI is InChI=1S/C17H24N4O2/c18-5-3-17(22)19-15-1-2-16-14(13-15)4-6-21(16)8-7-20-9-11-23-12-10-20/h1-2,4,6,13H,3,5,7-12,18H2,(H,19,22). The summed E-state index contributed by atoms with van der Waals surface area (Å²) in [7, 11) is 0. The lowest BCUT2D eigenvalue weighted by Crippen LogP contribution is -2.38. The van der Waals surface area contributed by atoms with Crippen molar-refractivity contribution in [3.05, 3.63) is 30.5 Å². The van der Waals surface area contributed by atoms with Crippen molar-refractivity contribution >= 4 is 22.5 Å². The molecule has 1 aliphatic rings. The number of hydrogen-bond acceptors (Lipinski definition) is 4. The smallest absolute Gasteiger partial charge is 0.225 e. The molecule has 0 aliphatic carbocycles. The average molecular weight is 316 g/mol. The molecule has 0 unspecified atom stereocenters. The minimum Gasteiger partial charge on any atom is -0.379 e. The fourth-order valence-electron chi connectivity index (χ4n) is 2.90. The van der Waals surface area contributed by atoms with Gasteiger partial charge in [-0.05, 0) is 24.3 Å². The molecule has 124 valence electrons. The first-order chi connectivity index (χ1) is 11.3. The Morgan fingerprint density at radius 3 is 2.83 bits per heavy atom. The molecule has 1 fully saturated rings.